The highest BCUT2D eigenvalue weighted by molar-refractivity contribution is 5.81. The molecule has 102 valence electrons. The third-order valence-corrected chi connectivity index (χ3v) is 3.97. The van der Waals surface area contributed by atoms with Gasteiger partial charge in [-0.05, 0) is 31.4 Å². The minimum absolute atomic E-state index is 0.155. The fourth-order valence-electron chi connectivity index (χ4n) is 2.63. The molecule has 3 aromatic rings. The van der Waals surface area contributed by atoms with E-state index >= 15 is 0 Å². The molecule has 1 fully saturated rings. The Kier molecular flexibility index (Phi) is 2.44. The van der Waals surface area contributed by atoms with Gasteiger partial charge in [-0.3, -0.25) is 0 Å². The summed E-state index contributed by atoms with van der Waals surface area (Å²) in [6, 6.07) is 9.74. The average Bonchev–Trinajstić information content (AvgIpc) is 3.02. The number of hydrogen-bond donors (Lipinski definition) is 1. The van der Waals surface area contributed by atoms with Crippen LogP contribution in [0.5, 0.6) is 0 Å². The topological polar surface area (TPSA) is 78.1 Å². The van der Waals surface area contributed by atoms with Gasteiger partial charge in [0.05, 0.1) is 0 Å². The van der Waals surface area contributed by atoms with Crippen molar-refractivity contribution in [2.45, 2.75) is 31.2 Å². The summed E-state index contributed by atoms with van der Waals surface area (Å²) in [4.78, 5) is 4.39. The Morgan fingerprint density at radius 2 is 2.10 bits per heavy atom. The summed E-state index contributed by atoms with van der Waals surface area (Å²) in [5.41, 5.74) is 6.86. The molecule has 5 heteroatoms. The molecule has 1 saturated carbocycles. The standard InChI is InChI=1S/C15H15N3O2/c16-15(6-3-7-15)9-13-17-14(18-20-13)12-8-10-4-1-2-5-11(10)19-12/h1-2,4-5,8H,3,6-7,9,16H2. The van der Waals surface area contributed by atoms with Crippen LogP contribution < -0.4 is 5.73 Å². The molecular formula is C15H15N3O2. The zero-order valence-electron chi connectivity index (χ0n) is 11.0. The second-order valence-corrected chi connectivity index (χ2v) is 5.55. The molecule has 0 spiro atoms. The zero-order chi connectivity index (χ0) is 13.6. The molecule has 5 nitrogen and oxygen atoms in total. The van der Waals surface area contributed by atoms with E-state index in [4.69, 9.17) is 14.7 Å². The molecule has 20 heavy (non-hydrogen) atoms. The van der Waals surface area contributed by atoms with Crippen molar-refractivity contribution in [3.63, 3.8) is 0 Å². The Balaban J connectivity index is 1.63. The Bertz CT molecular complexity index is 722. The molecule has 1 aliphatic rings. The maximum absolute atomic E-state index is 6.19. The first kappa shape index (κ1) is 11.7. The fraction of sp³-hybridized carbons (Fsp3) is 0.333. The number of benzene rings is 1. The predicted octanol–water partition coefficient (Wildman–Crippen LogP) is 2.91. The van der Waals surface area contributed by atoms with Crippen molar-refractivity contribution in [2.24, 2.45) is 5.73 Å². The van der Waals surface area contributed by atoms with Crippen molar-refractivity contribution in [3.05, 3.63) is 36.2 Å². The highest BCUT2D eigenvalue weighted by atomic mass is 16.5. The van der Waals surface area contributed by atoms with E-state index in [-0.39, 0.29) is 5.54 Å². The molecule has 4 rings (SSSR count). The third kappa shape index (κ3) is 1.91. The molecule has 2 aromatic heterocycles. The molecule has 0 aliphatic heterocycles. The molecule has 0 bridgehead atoms. The van der Waals surface area contributed by atoms with Crippen LogP contribution in [0.3, 0.4) is 0 Å². The molecule has 0 radical (unpaired) electrons. The fourth-order valence-corrected chi connectivity index (χ4v) is 2.63. The SMILES string of the molecule is NC1(Cc2nc(-c3cc4ccccc4o3)no2)CCC1. The minimum Gasteiger partial charge on any atom is -0.453 e. The lowest BCUT2D eigenvalue weighted by Gasteiger charge is -2.36. The monoisotopic (exact) mass is 269 g/mol. The molecular weight excluding hydrogens is 254 g/mol. The highest BCUT2D eigenvalue weighted by Gasteiger charge is 2.34. The predicted molar refractivity (Wildman–Crippen MR) is 74.0 cm³/mol. The number of rotatable bonds is 3. The van der Waals surface area contributed by atoms with Crippen molar-refractivity contribution >= 4 is 11.0 Å². The van der Waals surface area contributed by atoms with Crippen molar-refractivity contribution in [3.8, 4) is 11.6 Å². The molecule has 0 saturated heterocycles. The smallest absolute Gasteiger partial charge is 0.238 e. The van der Waals surface area contributed by atoms with Crippen molar-refractivity contribution in [1.82, 2.24) is 10.1 Å². The summed E-state index contributed by atoms with van der Waals surface area (Å²) in [5.74, 6) is 1.70. The molecule has 2 heterocycles. The number of fused-ring (bicyclic) bond motifs is 1. The van der Waals surface area contributed by atoms with Gasteiger partial charge in [0, 0.05) is 17.3 Å². The number of furan rings is 1. The van der Waals surface area contributed by atoms with Crippen LogP contribution in [0.1, 0.15) is 25.2 Å². The average molecular weight is 269 g/mol. The Labute approximate surface area is 115 Å². The lowest BCUT2D eigenvalue weighted by atomic mass is 9.75. The maximum atomic E-state index is 6.19. The van der Waals surface area contributed by atoms with Gasteiger partial charge >= 0.3 is 0 Å². The maximum Gasteiger partial charge on any atom is 0.238 e. The first-order valence-electron chi connectivity index (χ1n) is 6.82. The molecule has 2 N–H and O–H groups in total. The Hall–Kier alpha value is -2.14. The summed E-state index contributed by atoms with van der Waals surface area (Å²) in [6.45, 7) is 0. The van der Waals surface area contributed by atoms with Gasteiger partial charge in [-0.25, -0.2) is 0 Å². The van der Waals surface area contributed by atoms with Crippen LogP contribution in [0.4, 0.5) is 0 Å². The first-order chi connectivity index (χ1) is 9.72. The van der Waals surface area contributed by atoms with E-state index in [2.05, 4.69) is 10.1 Å². The van der Waals surface area contributed by atoms with Gasteiger partial charge in [0.15, 0.2) is 5.76 Å². The van der Waals surface area contributed by atoms with Gasteiger partial charge in [0.25, 0.3) is 0 Å². The summed E-state index contributed by atoms with van der Waals surface area (Å²) >= 11 is 0. The van der Waals surface area contributed by atoms with Crippen LogP contribution in [-0.2, 0) is 6.42 Å². The van der Waals surface area contributed by atoms with Crippen molar-refractivity contribution in [2.75, 3.05) is 0 Å². The largest absolute Gasteiger partial charge is 0.453 e. The first-order valence-corrected chi connectivity index (χ1v) is 6.82. The second-order valence-electron chi connectivity index (χ2n) is 5.55. The van der Waals surface area contributed by atoms with Gasteiger partial charge in [-0.15, -0.1) is 0 Å². The zero-order valence-corrected chi connectivity index (χ0v) is 11.0. The number of para-hydroxylation sites is 1. The van der Waals surface area contributed by atoms with Crippen LogP contribution in [0, 0.1) is 0 Å². The third-order valence-electron chi connectivity index (χ3n) is 3.97. The molecule has 1 aromatic carbocycles. The van der Waals surface area contributed by atoms with Crippen LogP contribution in [-0.4, -0.2) is 15.7 Å². The van der Waals surface area contributed by atoms with E-state index in [0.29, 0.717) is 23.9 Å². The van der Waals surface area contributed by atoms with E-state index < -0.39 is 0 Å². The van der Waals surface area contributed by atoms with Gasteiger partial charge in [-0.2, -0.15) is 4.98 Å². The van der Waals surface area contributed by atoms with Crippen LogP contribution in [0.25, 0.3) is 22.6 Å². The van der Waals surface area contributed by atoms with E-state index in [1.54, 1.807) is 0 Å². The van der Waals surface area contributed by atoms with Crippen molar-refractivity contribution in [1.29, 1.82) is 0 Å². The summed E-state index contributed by atoms with van der Waals surface area (Å²) < 4.78 is 11.0. The highest BCUT2D eigenvalue weighted by Crippen LogP contribution is 2.32. The van der Waals surface area contributed by atoms with Crippen LogP contribution in [0.2, 0.25) is 0 Å². The lowest BCUT2D eigenvalue weighted by Crippen LogP contribution is -2.48. The van der Waals surface area contributed by atoms with E-state index in [9.17, 15) is 0 Å². The molecule has 0 atom stereocenters. The summed E-state index contributed by atoms with van der Waals surface area (Å²) in [7, 11) is 0. The van der Waals surface area contributed by atoms with Crippen LogP contribution >= 0.6 is 0 Å². The Morgan fingerprint density at radius 3 is 2.85 bits per heavy atom. The van der Waals surface area contributed by atoms with Gasteiger partial charge < -0.3 is 14.7 Å². The van der Waals surface area contributed by atoms with E-state index in [0.717, 1.165) is 23.8 Å². The summed E-state index contributed by atoms with van der Waals surface area (Å²) in [6.07, 6.45) is 3.87. The minimum atomic E-state index is -0.155. The van der Waals surface area contributed by atoms with Gasteiger partial charge in [-0.1, -0.05) is 23.4 Å². The second kappa shape index (κ2) is 4.18. The van der Waals surface area contributed by atoms with E-state index in [1.807, 2.05) is 30.3 Å². The normalized spacial score (nSPS) is 17.2. The van der Waals surface area contributed by atoms with Crippen LogP contribution in [0.15, 0.2) is 39.3 Å². The lowest BCUT2D eigenvalue weighted by molar-refractivity contribution is 0.222. The molecule has 0 amide bonds. The summed E-state index contributed by atoms with van der Waals surface area (Å²) in [5, 5.41) is 5.02. The quantitative estimate of drug-likeness (QED) is 0.791. The molecule has 1 aliphatic carbocycles. The Morgan fingerprint density at radius 1 is 1.25 bits per heavy atom. The van der Waals surface area contributed by atoms with Gasteiger partial charge in [0.2, 0.25) is 11.7 Å². The van der Waals surface area contributed by atoms with Gasteiger partial charge in [0.1, 0.15) is 5.58 Å². The number of hydrogen-bond acceptors (Lipinski definition) is 5. The van der Waals surface area contributed by atoms with E-state index in [1.165, 1.54) is 6.42 Å². The molecule has 0 unspecified atom stereocenters. The number of nitrogens with two attached hydrogens (primary N) is 1. The number of nitrogens with zero attached hydrogens (tertiary/aromatic N) is 2. The number of aromatic nitrogens is 2. The van der Waals surface area contributed by atoms with Crippen molar-refractivity contribution < 1.29 is 8.94 Å².